The lowest BCUT2D eigenvalue weighted by molar-refractivity contribution is 0.290. The average molecular weight is 184 g/mol. The van der Waals surface area contributed by atoms with E-state index in [2.05, 4.69) is 0 Å². The molecule has 0 bridgehead atoms. The van der Waals surface area contributed by atoms with Crippen molar-refractivity contribution in [2.45, 2.75) is 0 Å². The summed E-state index contributed by atoms with van der Waals surface area (Å²) in [6, 6.07) is 7.08. The Morgan fingerprint density at radius 2 is 1.75 bits per heavy atom. The van der Waals surface area contributed by atoms with E-state index in [1.807, 2.05) is 12.1 Å². The number of benzene rings is 1. The maximum atomic E-state index is 9.42. The van der Waals surface area contributed by atoms with E-state index in [9.17, 15) is 5.11 Å². The maximum absolute atomic E-state index is 9.42. The van der Waals surface area contributed by atoms with E-state index in [0.717, 1.165) is 5.19 Å². The molecule has 1 aromatic rings. The summed E-state index contributed by atoms with van der Waals surface area (Å²) in [6.45, 7) is 0. The van der Waals surface area contributed by atoms with Gasteiger partial charge < -0.3 is 14.0 Å². The third kappa shape index (κ3) is 1.85. The highest BCUT2D eigenvalue weighted by Crippen LogP contribution is 2.05. The van der Waals surface area contributed by atoms with Gasteiger partial charge in [0.05, 0.1) is 0 Å². The number of hydrogen-bond donors (Lipinski definition) is 1. The molecule has 0 aliphatic heterocycles. The lowest BCUT2D eigenvalue weighted by Gasteiger charge is -2.11. The van der Waals surface area contributed by atoms with Gasteiger partial charge in [-0.15, -0.1) is 0 Å². The molecule has 0 aliphatic carbocycles. The molecule has 0 aliphatic rings. The van der Waals surface area contributed by atoms with Crippen molar-refractivity contribution in [2.75, 3.05) is 14.2 Å². The van der Waals surface area contributed by atoms with E-state index in [-0.39, 0.29) is 5.75 Å². The predicted molar refractivity (Wildman–Crippen MR) is 48.9 cm³/mol. The van der Waals surface area contributed by atoms with Crippen molar-refractivity contribution in [2.24, 2.45) is 0 Å². The van der Waals surface area contributed by atoms with Crippen LogP contribution in [0.1, 0.15) is 0 Å². The number of phenolic OH excluding ortho intramolecular Hbond substituents is 1. The Kier molecular flexibility index (Phi) is 3.27. The summed E-state index contributed by atoms with van der Waals surface area (Å²) >= 11 is 0. The molecule has 0 saturated carbocycles. The van der Waals surface area contributed by atoms with Crippen LogP contribution in [0.2, 0.25) is 0 Å². The Hall–Kier alpha value is -0.843. The van der Waals surface area contributed by atoms with Gasteiger partial charge in [0.1, 0.15) is 5.75 Å². The third-order valence-electron chi connectivity index (χ3n) is 1.62. The molecule has 66 valence electrons. The molecule has 0 unspecified atom stereocenters. The second-order valence-corrected chi connectivity index (χ2v) is 4.59. The summed E-state index contributed by atoms with van der Waals surface area (Å²) in [4.78, 5) is 0. The summed E-state index contributed by atoms with van der Waals surface area (Å²) in [7, 11) is 1.34. The molecule has 12 heavy (non-hydrogen) atoms. The molecule has 0 aromatic heterocycles. The van der Waals surface area contributed by atoms with Crippen molar-refractivity contribution in [3.05, 3.63) is 24.3 Å². The van der Waals surface area contributed by atoms with E-state index in [0.29, 0.717) is 0 Å². The molecule has 0 saturated heterocycles. The van der Waals surface area contributed by atoms with Gasteiger partial charge in [0, 0.05) is 19.4 Å². The largest absolute Gasteiger partial charge is 0.508 e. The van der Waals surface area contributed by atoms with E-state index < -0.39 is 9.28 Å². The minimum Gasteiger partial charge on any atom is -0.508 e. The quantitative estimate of drug-likeness (QED) is 0.678. The van der Waals surface area contributed by atoms with Crippen LogP contribution in [-0.4, -0.2) is 28.6 Å². The number of rotatable bonds is 3. The maximum Gasteiger partial charge on any atom is 0.359 e. The number of phenols is 1. The van der Waals surface area contributed by atoms with Crippen molar-refractivity contribution < 1.29 is 14.0 Å². The van der Waals surface area contributed by atoms with Gasteiger partial charge in [-0.05, 0) is 6.07 Å². The summed E-state index contributed by atoms with van der Waals surface area (Å²) < 4.78 is 10.2. The summed E-state index contributed by atoms with van der Waals surface area (Å²) in [5.41, 5.74) is 0. The lowest BCUT2D eigenvalue weighted by Crippen LogP contribution is -2.34. The average Bonchev–Trinajstić information content (AvgIpc) is 2.10. The van der Waals surface area contributed by atoms with Crippen LogP contribution in [0, 0.1) is 0 Å². The Labute approximate surface area is 73.4 Å². The van der Waals surface area contributed by atoms with Gasteiger partial charge in [-0.2, -0.15) is 0 Å². The van der Waals surface area contributed by atoms with Crippen LogP contribution in [0.5, 0.6) is 5.75 Å². The van der Waals surface area contributed by atoms with Crippen molar-refractivity contribution in [3.63, 3.8) is 0 Å². The van der Waals surface area contributed by atoms with Crippen LogP contribution in [0.15, 0.2) is 24.3 Å². The molecular formula is C8H12O3Si. The topological polar surface area (TPSA) is 38.7 Å². The molecule has 1 rings (SSSR count). The first-order valence-electron chi connectivity index (χ1n) is 3.63. The number of aromatic hydroxyl groups is 1. The smallest absolute Gasteiger partial charge is 0.359 e. The molecule has 1 aromatic carbocycles. The van der Waals surface area contributed by atoms with Crippen LogP contribution < -0.4 is 5.19 Å². The molecule has 0 amide bonds. The Bertz CT molecular complexity index is 248. The normalized spacial score (nSPS) is 10.6. The van der Waals surface area contributed by atoms with Crippen molar-refractivity contribution in [3.8, 4) is 5.75 Å². The molecule has 3 nitrogen and oxygen atoms in total. The van der Waals surface area contributed by atoms with E-state index in [4.69, 9.17) is 8.85 Å². The molecule has 4 heteroatoms. The van der Waals surface area contributed by atoms with Crippen LogP contribution in [-0.2, 0) is 8.85 Å². The fourth-order valence-electron chi connectivity index (χ4n) is 1.04. The van der Waals surface area contributed by atoms with Crippen LogP contribution in [0.25, 0.3) is 0 Å². The summed E-state index contributed by atoms with van der Waals surface area (Å²) in [5, 5.41) is 10.2. The molecule has 1 N–H and O–H groups in total. The Morgan fingerprint density at radius 3 is 2.25 bits per heavy atom. The van der Waals surface area contributed by atoms with Crippen molar-refractivity contribution in [1.29, 1.82) is 0 Å². The Balaban J connectivity index is 2.92. The molecule has 0 radical (unpaired) electrons. The van der Waals surface area contributed by atoms with E-state index >= 15 is 0 Å². The lowest BCUT2D eigenvalue weighted by atomic mass is 10.3. The molecule has 0 fully saturated rings. The number of para-hydroxylation sites is 1. The molecule has 0 atom stereocenters. The molecular weight excluding hydrogens is 172 g/mol. The van der Waals surface area contributed by atoms with Crippen molar-refractivity contribution in [1.82, 2.24) is 0 Å². The second-order valence-electron chi connectivity index (χ2n) is 2.36. The minimum absolute atomic E-state index is 0.248. The monoisotopic (exact) mass is 184 g/mol. The standard InChI is InChI=1S/C8H12O3Si/c1-10-12(11-2)8-6-4-3-5-7(8)9/h3-6,9,12H,1-2H3. The van der Waals surface area contributed by atoms with E-state index in [1.165, 1.54) is 0 Å². The van der Waals surface area contributed by atoms with Gasteiger partial charge in [0.15, 0.2) is 0 Å². The van der Waals surface area contributed by atoms with Gasteiger partial charge in [-0.1, -0.05) is 18.2 Å². The fourth-order valence-corrected chi connectivity index (χ4v) is 2.34. The SMILES string of the molecule is CO[SiH](OC)c1ccccc1O. The van der Waals surface area contributed by atoms with E-state index in [1.54, 1.807) is 26.4 Å². The fraction of sp³-hybridized carbons (Fsp3) is 0.250. The van der Waals surface area contributed by atoms with Crippen LogP contribution in [0.4, 0.5) is 0 Å². The zero-order valence-electron chi connectivity index (χ0n) is 7.15. The van der Waals surface area contributed by atoms with Gasteiger partial charge in [0.2, 0.25) is 0 Å². The van der Waals surface area contributed by atoms with Gasteiger partial charge in [-0.3, -0.25) is 0 Å². The summed E-state index contributed by atoms with van der Waals surface area (Å²) in [5.74, 6) is 0.248. The van der Waals surface area contributed by atoms with Gasteiger partial charge >= 0.3 is 9.28 Å². The first-order valence-corrected chi connectivity index (χ1v) is 5.15. The zero-order valence-corrected chi connectivity index (χ0v) is 8.31. The van der Waals surface area contributed by atoms with Gasteiger partial charge in [0.25, 0.3) is 0 Å². The number of hydrogen-bond acceptors (Lipinski definition) is 3. The highest BCUT2D eigenvalue weighted by molar-refractivity contribution is 6.62. The first-order chi connectivity index (χ1) is 5.79. The van der Waals surface area contributed by atoms with Crippen LogP contribution in [0.3, 0.4) is 0 Å². The highest BCUT2D eigenvalue weighted by atomic mass is 28.3. The van der Waals surface area contributed by atoms with Crippen molar-refractivity contribution >= 4 is 14.5 Å². The predicted octanol–water partition coefficient (Wildman–Crippen LogP) is 0.112. The minimum atomic E-state index is -1.84. The highest BCUT2D eigenvalue weighted by Gasteiger charge is 2.16. The third-order valence-corrected chi connectivity index (χ3v) is 3.47. The first kappa shape index (κ1) is 9.25. The summed E-state index contributed by atoms with van der Waals surface area (Å²) in [6.07, 6.45) is 0. The second kappa shape index (κ2) is 4.25. The molecule has 0 heterocycles. The van der Waals surface area contributed by atoms with Gasteiger partial charge in [-0.25, -0.2) is 0 Å². The zero-order chi connectivity index (χ0) is 8.97. The van der Waals surface area contributed by atoms with Crippen LogP contribution >= 0.6 is 0 Å². The molecule has 0 spiro atoms. The Morgan fingerprint density at radius 1 is 1.17 bits per heavy atom.